The van der Waals surface area contributed by atoms with Crippen LogP contribution in [0.25, 0.3) is 0 Å². The van der Waals surface area contributed by atoms with Gasteiger partial charge in [-0.2, -0.15) is 0 Å². The van der Waals surface area contributed by atoms with Crippen molar-refractivity contribution in [3.8, 4) is 0 Å². The monoisotopic (exact) mass is 208 g/mol. The smallest absolute Gasteiger partial charge is 0.211 e. The largest absolute Gasteiger partial charge is 0.392 e. The van der Waals surface area contributed by atoms with Gasteiger partial charge in [0, 0.05) is 6.54 Å². The lowest BCUT2D eigenvalue weighted by Crippen LogP contribution is -2.40. The number of nitrogens with one attached hydrogen (secondary N) is 1. The van der Waals surface area contributed by atoms with Crippen molar-refractivity contribution in [3.63, 3.8) is 0 Å². The number of rotatable bonds is 3. The van der Waals surface area contributed by atoms with Crippen LogP contribution >= 0.6 is 0 Å². The third-order valence-electron chi connectivity index (χ3n) is 2.28. The molecule has 1 rings (SSSR count). The minimum atomic E-state index is -3.55. The zero-order valence-corrected chi connectivity index (χ0v) is 8.26. The Kier molecular flexibility index (Phi) is 3.66. The standard InChI is InChI=1S/C7H16N2O3S/c8-13(11,12)5-7(10)6-2-1-3-9-4-6/h6-7,9-10H,1-5H2,(H2,8,11,12). The van der Waals surface area contributed by atoms with Crippen molar-refractivity contribution in [2.45, 2.75) is 18.9 Å². The lowest BCUT2D eigenvalue weighted by atomic mass is 9.95. The van der Waals surface area contributed by atoms with Gasteiger partial charge < -0.3 is 10.4 Å². The molecule has 4 N–H and O–H groups in total. The van der Waals surface area contributed by atoms with Gasteiger partial charge in [0.15, 0.2) is 0 Å². The third kappa shape index (κ3) is 4.04. The number of piperidine rings is 1. The molecule has 78 valence electrons. The topological polar surface area (TPSA) is 92.4 Å². The Hall–Kier alpha value is -0.170. The summed E-state index contributed by atoms with van der Waals surface area (Å²) < 4.78 is 21.4. The molecule has 2 unspecified atom stereocenters. The Labute approximate surface area is 78.4 Å². The zero-order chi connectivity index (χ0) is 9.90. The summed E-state index contributed by atoms with van der Waals surface area (Å²) in [5, 5.41) is 17.5. The highest BCUT2D eigenvalue weighted by Crippen LogP contribution is 2.14. The second-order valence-electron chi connectivity index (χ2n) is 3.50. The van der Waals surface area contributed by atoms with E-state index in [1.807, 2.05) is 0 Å². The van der Waals surface area contributed by atoms with Gasteiger partial charge in [-0.05, 0) is 25.3 Å². The molecular weight excluding hydrogens is 192 g/mol. The van der Waals surface area contributed by atoms with Crippen molar-refractivity contribution >= 4 is 10.0 Å². The van der Waals surface area contributed by atoms with Gasteiger partial charge in [-0.3, -0.25) is 0 Å². The van der Waals surface area contributed by atoms with Gasteiger partial charge in [0.1, 0.15) is 0 Å². The van der Waals surface area contributed by atoms with Gasteiger partial charge in [-0.15, -0.1) is 0 Å². The first-order valence-corrected chi connectivity index (χ1v) is 6.10. The summed E-state index contributed by atoms with van der Waals surface area (Å²) in [6.45, 7) is 1.62. The van der Waals surface area contributed by atoms with E-state index < -0.39 is 16.1 Å². The second-order valence-corrected chi connectivity index (χ2v) is 5.16. The molecular formula is C7H16N2O3S. The molecule has 0 bridgehead atoms. The second kappa shape index (κ2) is 4.36. The molecule has 5 nitrogen and oxygen atoms in total. The number of nitrogens with two attached hydrogens (primary N) is 1. The van der Waals surface area contributed by atoms with Crippen LogP contribution in [-0.2, 0) is 10.0 Å². The molecule has 6 heteroatoms. The molecule has 0 amide bonds. The van der Waals surface area contributed by atoms with E-state index in [-0.39, 0.29) is 11.7 Å². The lowest BCUT2D eigenvalue weighted by molar-refractivity contribution is 0.111. The molecule has 1 aliphatic heterocycles. The molecule has 0 aliphatic carbocycles. The Bertz CT molecular complexity index is 246. The molecule has 2 atom stereocenters. The average molecular weight is 208 g/mol. The van der Waals surface area contributed by atoms with Crippen molar-refractivity contribution in [1.29, 1.82) is 0 Å². The number of hydrogen-bond donors (Lipinski definition) is 3. The Morgan fingerprint density at radius 3 is 2.77 bits per heavy atom. The fourth-order valence-electron chi connectivity index (χ4n) is 1.58. The number of sulfonamides is 1. The summed E-state index contributed by atoms with van der Waals surface area (Å²) in [6.07, 6.45) is 1.01. The van der Waals surface area contributed by atoms with Gasteiger partial charge in [-0.1, -0.05) is 0 Å². The van der Waals surface area contributed by atoms with Crippen molar-refractivity contribution in [1.82, 2.24) is 5.32 Å². The minimum absolute atomic E-state index is 0.0204. The van der Waals surface area contributed by atoms with E-state index >= 15 is 0 Å². The molecule has 0 spiro atoms. The summed E-state index contributed by atoms with van der Waals surface area (Å²) in [5.41, 5.74) is 0. The quantitative estimate of drug-likeness (QED) is 0.534. The number of aliphatic hydroxyl groups is 1. The van der Waals surface area contributed by atoms with Crippen molar-refractivity contribution < 1.29 is 13.5 Å². The molecule has 0 saturated carbocycles. The summed E-state index contributed by atoms with van der Waals surface area (Å²) in [4.78, 5) is 0. The first-order chi connectivity index (χ1) is 5.99. The summed E-state index contributed by atoms with van der Waals surface area (Å²) >= 11 is 0. The first-order valence-electron chi connectivity index (χ1n) is 4.38. The average Bonchev–Trinajstić information content (AvgIpc) is 2.03. The van der Waals surface area contributed by atoms with Gasteiger partial charge in [0.2, 0.25) is 10.0 Å². The van der Waals surface area contributed by atoms with Crippen LogP contribution in [0.15, 0.2) is 0 Å². The van der Waals surface area contributed by atoms with Crippen LogP contribution in [0, 0.1) is 5.92 Å². The minimum Gasteiger partial charge on any atom is -0.392 e. The number of primary sulfonamides is 1. The van der Waals surface area contributed by atoms with E-state index in [9.17, 15) is 13.5 Å². The van der Waals surface area contributed by atoms with E-state index in [1.54, 1.807) is 0 Å². The Morgan fingerprint density at radius 1 is 1.62 bits per heavy atom. The van der Waals surface area contributed by atoms with Crippen LogP contribution in [0.3, 0.4) is 0 Å². The molecule has 1 heterocycles. The third-order valence-corrected chi connectivity index (χ3v) is 3.09. The highest BCUT2D eigenvalue weighted by atomic mass is 32.2. The van der Waals surface area contributed by atoms with E-state index in [4.69, 9.17) is 5.14 Å². The van der Waals surface area contributed by atoms with E-state index in [0.717, 1.165) is 19.4 Å². The zero-order valence-electron chi connectivity index (χ0n) is 7.44. The Balaban J connectivity index is 2.42. The van der Waals surface area contributed by atoms with Crippen molar-refractivity contribution in [2.75, 3.05) is 18.8 Å². The van der Waals surface area contributed by atoms with Gasteiger partial charge in [-0.25, -0.2) is 13.6 Å². The van der Waals surface area contributed by atoms with Crippen LogP contribution in [0.2, 0.25) is 0 Å². The molecule has 0 aromatic carbocycles. The van der Waals surface area contributed by atoms with Gasteiger partial charge in [0.05, 0.1) is 11.9 Å². The lowest BCUT2D eigenvalue weighted by Gasteiger charge is -2.26. The van der Waals surface area contributed by atoms with E-state index in [2.05, 4.69) is 5.32 Å². The predicted octanol–water partition coefficient (Wildman–Crippen LogP) is -1.36. The van der Waals surface area contributed by atoms with E-state index in [1.165, 1.54) is 0 Å². The maximum absolute atomic E-state index is 10.7. The first kappa shape index (κ1) is 10.9. The summed E-state index contributed by atoms with van der Waals surface area (Å²) in [6, 6.07) is 0. The van der Waals surface area contributed by atoms with Crippen LogP contribution < -0.4 is 10.5 Å². The van der Waals surface area contributed by atoms with Crippen LogP contribution in [0.4, 0.5) is 0 Å². The highest BCUT2D eigenvalue weighted by molar-refractivity contribution is 7.89. The molecule has 0 aromatic rings. The highest BCUT2D eigenvalue weighted by Gasteiger charge is 2.24. The summed E-state index contributed by atoms with van der Waals surface area (Å²) in [7, 11) is -3.55. The molecule has 0 radical (unpaired) electrons. The maximum atomic E-state index is 10.7. The van der Waals surface area contributed by atoms with Crippen LogP contribution in [0.1, 0.15) is 12.8 Å². The van der Waals surface area contributed by atoms with Crippen molar-refractivity contribution in [2.24, 2.45) is 11.1 Å². The maximum Gasteiger partial charge on any atom is 0.211 e. The number of hydrogen-bond acceptors (Lipinski definition) is 4. The molecule has 0 aromatic heterocycles. The molecule has 1 saturated heterocycles. The predicted molar refractivity (Wildman–Crippen MR) is 49.6 cm³/mol. The fraction of sp³-hybridized carbons (Fsp3) is 1.00. The molecule has 1 aliphatic rings. The normalized spacial score (nSPS) is 27.1. The summed E-state index contributed by atoms with van der Waals surface area (Å²) in [5.74, 6) is -0.314. The van der Waals surface area contributed by atoms with Gasteiger partial charge in [0.25, 0.3) is 0 Å². The molecule has 13 heavy (non-hydrogen) atoms. The molecule has 1 fully saturated rings. The Morgan fingerprint density at radius 2 is 2.31 bits per heavy atom. The SMILES string of the molecule is NS(=O)(=O)CC(O)C1CCCNC1. The van der Waals surface area contributed by atoms with E-state index in [0.29, 0.717) is 6.54 Å². The van der Waals surface area contributed by atoms with Crippen LogP contribution in [0.5, 0.6) is 0 Å². The fourth-order valence-corrected chi connectivity index (χ4v) is 2.33. The van der Waals surface area contributed by atoms with Gasteiger partial charge >= 0.3 is 0 Å². The number of aliphatic hydroxyl groups excluding tert-OH is 1. The van der Waals surface area contributed by atoms with Crippen molar-refractivity contribution in [3.05, 3.63) is 0 Å². The van der Waals surface area contributed by atoms with Crippen LogP contribution in [-0.4, -0.2) is 38.5 Å².